The van der Waals surface area contributed by atoms with Crippen LogP contribution in [0.25, 0.3) is 0 Å². The van der Waals surface area contributed by atoms with Crippen LogP contribution in [-0.4, -0.2) is 18.8 Å². The highest BCUT2D eigenvalue weighted by atomic mass is 16.5. The van der Waals surface area contributed by atoms with Gasteiger partial charge in [-0.2, -0.15) is 0 Å². The molecule has 0 saturated carbocycles. The maximum absolute atomic E-state index is 5.49. The minimum atomic E-state index is 0.863. The summed E-state index contributed by atoms with van der Waals surface area (Å²) in [5, 5.41) is 0. The van der Waals surface area contributed by atoms with Gasteiger partial charge in [0.15, 0.2) is 0 Å². The van der Waals surface area contributed by atoms with Gasteiger partial charge in [0.2, 0.25) is 0 Å². The van der Waals surface area contributed by atoms with Crippen LogP contribution >= 0.6 is 0 Å². The molecule has 0 atom stereocenters. The predicted molar refractivity (Wildman–Crippen MR) is 70.6 cm³/mol. The zero-order valence-corrected chi connectivity index (χ0v) is 11.0. The minimum Gasteiger partial charge on any atom is -0.497 e. The van der Waals surface area contributed by atoms with Gasteiger partial charge in [0.25, 0.3) is 0 Å². The number of rotatable bonds is 2. The summed E-state index contributed by atoms with van der Waals surface area (Å²) < 4.78 is 13.2. The van der Waals surface area contributed by atoms with Crippen molar-refractivity contribution in [1.82, 2.24) is 4.57 Å². The molecule has 1 aliphatic heterocycles. The number of ether oxygens (including phenoxy) is 2. The topological polar surface area (TPSA) is 23.4 Å². The second kappa shape index (κ2) is 4.09. The Balaban J connectivity index is 2.12. The van der Waals surface area contributed by atoms with E-state index in [0.29, 0.717) is 0 Å². The number of aryl methyl sites for hydroxylation is 1. The highest BCUT2D eigenvalue weighted by molar-refractivity contribution is 5.50. The maximum Gasteiger partial charge on any atom is 0.127 e. The standard InChI is InChI=1S/C15H17NO2/c1-10-4-5-12-6-11-7-13(17-2)8-15(18-3)14(11)9-16(10)12/h4-5,7-8H,6,9H2,1-3H3. The predicted octanol–water partition coefficient (Wildman–Crippen LogP) is 2.77. The van der Waals surface area contributed by atoms with E-state index in [1.54, 1.807) is 14.2 Å². The molecule has 0 saturated heterocycles. The second-order valence-electron chi connectivity index (χ2n) is 4.70. The molecule has 0 spiro atoms. The van der Waals surface area contributed by atoms with Gasteiger partial charge in [-0.1, -0.05) is 0 Å². The van der Waals surface area contributed by atoms with Crippen molar-refractivity contribution in [2.45, 2.75) is 19.9 Å². The summed E-state index contributed by atoms with van der Waals surface area (Å²) in [6.07, 6.45) is 0.941. The fraction of sp³-hybridized carbons (Fsp3) is 0.333. The van der Waals surface area contributed by atoms with Gasteiger partial charge in [-0.15, -0.1) is 0 Å². The summed E-state index contributed by atoms with van der Waals surface area (Å²) >= 11 is 0. The number of aromatic nitrogens is 1. The fourth-order valence-corrected chi connectivity index (χ4v) is 2.67. The molecule has 0 unspecified atom stereocenters. The third-order valence-electron chi connectivity index (χ3n) is 3.71. The molecule has 3 rings (SSSR count). The van der Waals surface area contributed by atoms with Crippen LogP contribution in [0.2, 0.25) is 0 Å². The van der Waals surface area contributed by atoms with Crippen LogP contribution in [0.4, 0.5) is 0 Å². The molecule has 2 aromatic rings. The molecule has 0 fully saturated rings. The monoisotopic (exact) mass is 243 g/mol. The maximum atomic E-state index is 5.49. The Morgan fingerprint density at radius 2 is 1.94 bits per heavy atom. The van der Waals surface area contributed by atoms with Crippen molar-refractivity contribution in [1.29, 1.82) is 0 Å². The van der Waals surface area contributed by atoms with Crippen molar-refractivity contribution in [2.75, 3.05) is 14.2 Å². The lowest BCUT2D eigenvalue weighted by atomic mass is 9.98. The first-order valence-electron chi connectivity index (χ1n) is 6.11. The summed E-state index contributed by atoms with van der Waals surface area (Å²) in [5.41, 5.74) is 5.23. The number of hydrogen-bond acceptors (Lipinski definition) is 2. The first-order valence-corrected chi connectivity index (χ1v) is 6.11. The molecular formula is C15H17NO2. The average Bonchev–Trinajstić information content (AvgIpc) is 2.76. The lowest BCUT2D eigenvalue weighted by Crippen LogP contribution is -2.15. The van der Waals surface area contributed by atoms with Crippen LogP contribution in [0.15, 0.2) is 24.3 Å². The third-order valence-corrected chi connectivity index (χ3v) is 3.71. The summed E-state index contributed by atoms with van der Waals surface area (Å²) in [6.45, 7) is 3.03. The van der Waals surface area contributed by atoms with Gasteiger partial charge in [0.05, 0.1) is 20.8 Å². The lowest BCUT2D eigenvalue weighted by molar-refractivity contribution is 0.388. The average molecular weight is 243 g/mol. The first-order chi connectivity index (χ1) is 8.72. The van der Waals surface area contributed by atoms with E-state index >= 15 is 0 Å². The fourth-order valence-electron chi connectivity index (χ4n) is 2.67. The Morgan fingerprint density at radius 3 is 2.67 bits per heavy atom. The van der Waals surface area contributed by atoms with Gasteiger partial charge < -0.3 is 14.0 Å². The van der Waals surface area contributed by atoms with Crippen molar-refractivity contribution in [3.05, 3.63) is 46.8 Å². The van der Waals surface area contributed by atoms with Crippen LogP contribution in [0.5, 0.6) is 11.5 Å². The Bertz CT molecular complexity index is 599. The first kappa shape index (κ1) is 11.2. The largest absolute Gasteiger partial charge is 0.497 e. The zero-order chi connectivity index (χ0) is 12.7. The lowest BCUT2D eigenvalue weighted by Gasteiger charge is -2.23. The van der Waals surface area contributed by atoms with Crippen LogP contribution in [0.3, 0.4) is 0 Å². The van der Waals surface area contributed by atoms with Crippen molar-refractivity contribution < 1.29 is 9.47 Å². The van der Waals surface area contributed by atoms with Crippen molar-refractivity contribution >= 4 is 0 Å². The smallest absolute Gasteiger partial charge is 0.127 e. The molecule has 0 amide bonds. The van der Waals surface area contributed by atoms with Crippen LogP contribution in [-0.2, 0) is 13.0 Å². The minimum absolute atomic E-state index is 0.863. The highest BCUT2D eigenvalue weighted by Gasteiger charge is 2.20. The molecule has 0 N–H and O–H groups in total. The number of methoxy groups -OCH3 is 2. The molecule has 1 aromatic carbocycles. The van der Waals surface area contributed by atoms with E-state index in [1.807, 2.05) is 6.07 Å². The summed E-state index contributed by atoms with van der Waals surface area (Å²) in [6, 6.07) is 8.45. The van der Waals surface area contributed by atoms with Gasteiger partial charge in [-0.3, -0.25) is 0 Å². The number of benzene rings is 1. The number of hydrogen-bond donors (Lipinski definition) is 0. The van der Waals surface area contributed by atoms with E-state index in [2.05, 4.69) is 29.7 Å². The Kier molecular flexibility index (Phi) is 2.54. The summed E-state index contributed by atoms with van der Waals surface area (Å²) in [5.74, 6) is 1.78. The van der Waals surface area contributed by atoms with E-state index in [0.717, 1.165) is 24.5 Å². The van der Waals surface area contributed by atoms with Crippen molar-refractivity contribution in [3.63, 3.8) is 0 Å². The van der Waals surface area contributed by atoms with Crippen LogP contribution < -0.4 is 9.47 Å². The summed E-state index contributed by atoms with van der Waals surface area (Å²) in [7, 11) is 3.41. The quantitative estimate of drug-likeness (QED) is 0.691. The Labute approximate surface area is 107 Å². The molecule has 1 aliphatic rings. The molecule has 3 nitrogen and oxygen atoms in total. The van der Waals surface area contributed by atoms with Gasteiger partial charge in [0, 0.05) is 29.4 Å². The molecule has 2 heterocycles. The molecule has 0 radical (unpaired) electrons. The van der Waals surface area contributed by atoms with Gasteiger partial charge >= 0.3 is 0 Å². The van der Waals surface area contributed by atoms with E-state index in [-0.39, 0.29) is 0 Å². The number of nitrogens with zero attached hydrogens (tertiary/aromatic N) is 1. The van der Waals surface area contributed by atoms with Gasteiger partial charge in [0.1, 0.15) is 11.5 Å². The molecule has 18 heavy (non-hydrogen) atoms. The van der Waals surface area contributed by atoms with E-state index in [9.17, 15) is 0 Å². The number of fused-ring (bicyclic) bond motifs is 2. The Morgan fingerprint density at radius 1 is 1.11 bits per heavy atom. The summed E-state index contributed by atoms with van der Waals surface area (Å²) in [4.78, 5) is 0. The third kappa shape index (κ3) is 1.58. The molecule has 1 aromatic heterocycles. The molecular weight excluding hydrogens is 226 g/mol. The molecule has 3 heteroatoms. The SMILES string of the molecule is COc1cc2c(c(OC)c1)Cn1c(C)ccc1C2. The Hall–Kier alpha value is -1.90. The molecule has 0 bridgehead atoms. The van der Waals surface area contributed by atoms with Crippen molar-refractivity contribution in [3.8, 4) is 11.5 Å². The normalized spacial score (nSPS) is 12.8. The molecule has 94 valence electrons. The van der Waals surface area contributed by atoms with Crippen molar-refractivity contribution in [2.24, 2.45) is 0 Å². The van der Waals surface area contributed by atoms with Gasteiger partial charge in [-0.05, 0) is 30.7 Å². The second-order valence-corrected chi connectivity index (χ2v) is 4.70. The molecule has 0 aliphatic carbocycles. The van der Waals surface area contributed by atoms with E-state index in [1.165, 1.54) is 22.5 Å². The van der Waals surface area contributed by atoms with Crippen LogP contribution in [0.1, 0.15) is 22.5 Å². The van der Waals surface area contributed by atoms with Crippen LogP contribution in [0, 0.1) is 6.92 Å². The highest BCUT2D eigenvalue weighted by Crippen LogP contribution is 2.34. The van der Waals surface area contributed by atoms with E-state index in [4.69, 9.17) is 9.47 Å². The van der Waals surface area contributed by atoms with E-state index < -0.39 is 0 Å². The van der Waals surface area contributed by atoms with Gasteiger partial charge in [-0.25, -0.2) is 0 Å². The zero-order valence-electron chi connectivity index (χ0n) is 11.0.